The third-order valence-electron chi connectivity index (χ3n) is 6.43. The van der Waals surface area contributed by atoms with E-state index >= 15 is 0 Å². The highest BCUT2D eigenvalue weighted by Gasteiger charge is 2.17. The summed E-state index contributed by atoms with van der Waals surface area (Å²) in [4.78, 5) is 12.7. The molecule has 0 fully saturated rings. The van der Waals surface area contributed by atoms with Gasteiger partial charge in [-0.2, -0.15) is 5.10 Å². The zero-order chi connectivity index (χ0) is 30.0. The molecule has 0 aliphatic heterocycles. The van der Waals surface area contributed by atoms with Crippen LogP contribution in [0.15, 0.2) is 107 Å². The maximum absolute atomic E-state index is 12.7. The van der Waals surface area contributed by atoms with Crippen molar-refractivity contribution in [2.24, 2.45) is 5.10 Å². The Hall–Kier alpha value is -5.09. The minimum atomic E-state index is -0.280. The van der Waals surface area contributed by atoms with Crippen molar-refractivity contribution in [2.45, 2.75) is 18.7 Å². The van der Waals surface area contributed by atoms with Crippen LogP contribution in [-0.4, -0.2) is 46.9 Å². The molecule has 1 amide bonds. The summed E-state index contributed by atoms with van der Waals surface area (Å²) in [5, 5.41) is 13.5. The number of nitrogens with zero attached hydrogens (tertiary/aromatic N) is 4. The molecule has 1 N–H and O–H groups in total. The van der Waals surface area contributed by atoms with Crippen molar-refractivity contribution in [2.75, 3.05) is 20.0 Å². The van der Waals surface area contributed by atoms with E-state index in [1.165, 1.54) is 11.8 Å². The average molecular weight is 594 g/mol. The first-order valence-electron chi connectivity index (χ1n) is 13.5. The number of rotatable bonds is 12. The molecule has 218 valence electrons. The first-order chi connectivity index (χ1) is 21.0. The highest BCUT2D eigenvalue weighted by Crippen LogP contribution is 2.30. The Morgan fingerprint density at radius 2 is 1.67 bits per heavy atom. The Labute approximate surface area is 254 Å². The summed E-state index contributed by atoms with van der Waals surface area (Å²) in [5.74, 6) is 2.43. The van der Waals surface area contributed by atoms with E-state index < -0.39 is 0 Å². The number of aryl methyl sites for hydroxylation is 1. The van der Waals surface area contributed by atoms with Crippen LogP contribution in [0.1, 0.15) is 16.7 Å². The molecule has 9 nitrogen and oxygen atoms in total. The minimum Gasteiger partial charge on any atom is -0.497 e. The molecular weight excluding hydrogens is 562 g/mol. The van der Waals surface area contributed by atoms with E-state index in [0.717, 1.165) is 33.7 Å². The predicted octanol–water partition coefficient (Wildman–Crippen LogP) is 6.08. The van der Waals surface area contributed by atoms with E-state index in [2.05, 4.69) is 20.7 Å². The van der Waals surface area contributed by atoms with Gasteiger partial charge in [0.05, 0.1) is 26.2 Å². The summed E-state index contributed by atoms with van der Waals surface area (Å²) in [5.41, 5.74) is 7.31. The summed E-state index contributed by atoms with van der Waals surface area (Å²) in [6, 6.07) is 31.1. The van der Waals surface area contributed by atoms with Crippen LogP contribution in [-0.2, 0) is 11.4 Å². The van der Waals surface area contributed by atoms with Crippen molar-refractivity contribution in [3.05, 3.63) is 114 Å². The Morgan fingerprint density at radius 1 is 0.907 bits per heavy atom. The standard InChI is InChI=1S/C33H31N5O4S/c1-23-9-12-26(13-10-23)32-36-37-33(38(32)27-14-16-28(40-2)17-15-27)43-22-31(39)35-34-20-25-11-18-29(30(19-25)41-3)42-21-24-7-5-4-6-8-24/h4-20H,21-22H2,1-3H3,(H,35,39)/b34-20-. The van der Waals surface area contributed by atoms with Crippen LogP contribution in [0.25, 0.3) is 17.1 Å². The summed E-state index contributed by atoms with van der Waals surface area (Å²) >= 11 is 1.27. The van der Waals surface area contributed by atoms with Crippen LogP contribution < -0.4 is 19.6 Å². The fourth-order valence-electron chi connectivity index (χ4n) is 4.18. The van der Waals surface area contributed by atoms with E-state index in [9.17, 15) is 4.79 Å². The lowest BCUT2D eigenvalue weighted by molar-refractivity contribution is -0.118. The average Bonchev–Trinajstić information content (AvgIpc) is 3.47. The second-order valence-electron chi connectivity index (χ2n) is 9.47. The molecule has 0 aliphatic rings. The van der Waals surface area contributed by atoms with Gasteiger partial charge in [-0.15, -0.1) is 10.2 Å². The normalized spacial score (nSPS) is 11.0. The van der Waals surface area contributed by atoms with Gasteiger partial charge in [-0.25, -0.2) is 5.43 Å². The van der Waals surface area contributed by atoms with Crippen LogP contribution in [0, 0.1) is 6.92 Å². The van der Waals surface area contributed by atoms with Crippen LogP contribution in [0.5, 0.6) is 17.2 Å². The van der Waals surface area contributed by atoms with Gasteiger partial charge >= 0.3 is 0 Å². The number of nitrogens with one attached hydrogen (secondary N) is 1. The van der Waals surface area contributed by atoms with Crippen LogP contribution in [0.2, 0.25) is 0 Å². The van der Waals surface area contributed by atoms with Gasteiger partial charge in [0.25, 0.3) is 5.91 Å². The highest BCUT2D eigenvalue weighted by atomic mass is 32.2. The van der Waals surface area contributed by atoms with Crippen LogP contribution in [0.3, 0.4) is 0 Å². The second kappa shape index (κ2) is 14.2. The molecule has 1 heterocycles. The number of methoxy groups -OCH3 is 2. The lowest BCUT2D eigenvalue weighted by Crippen LogP contribution is -2.20. The largest absolute Gasteiger partial charge is 0.497 e. The van der Waals surface area contributed by atoms with Crippen molar-refractivity contribution >= 4 is 23.9 Å². The number of amides is 1. The van der Waals surface area contributed by atoms with Gasteiger partial charge in [0, 0.05) is 11.3 Å². The number of hydrogen-bond acceptors (Lipinski definition) is 8. The van der Waals surface area contributed by atoms with Crippen molar-refractivity contribution in [1.82, 2.24) is 20.2 Å². The molecule has 5 rings (SSSR count). The number of ether oxygens (including phenoxy) is 3. The number of hydrazone groups is 1. The van der Waals surface area contributed by atoms with E-state index in [1.807, 2.05) is 102 Å². The van der Waals surface area contributed by atoms with Gasteiger partial charge in [0.15, 0.2) is 22.5 Å². The molecule has 0 aliphatic carbocycles. The molecule has 0 saturated heterocycles. The molecule has 1 aromatic heterocycles. The molecule has 0 atom stereocenters. The fourth-order valence-corrected chi connectivity index (χ4v) is 4.92. The zero-order valence-electron chi connectivity index (χ0n) is 24.1. The molecule has 0 spiro atoms. The molecule has 0 radical (unpaired) electrons. The van der Waals surface area contributed by atoms with E-state index in [0.29, 0.717) is 29.1 Å². The lowest BCUT2D eigenvalue weighted by atomic mass is 10.1. The van der Waals surface area contributed by atoms with Crippen molar-refractivity contribution < 1.29 is 19.0 Å². The summed E-state index contributed by atoms with van der Waals surface area (Å²) in [6.45, 7) is 2.46. The minimum absolute atomic E-state index is 0.0924. The number of hydrogen-bond donors (Lipinski definition) is 1. The Morgan fingerprint density at radius 3 is 2.40 bits per heavy atom. The zero-order valence-corrected chi connectivity index (χ0v) is 24.9. The van der Waals surface area contributed by atoms with Crippen molar-refractivity contribution in [3.63, 3.8) is 0 Å². The van der Waals surface area contributed by atoms with Gasteiger partial charge in [-0.1, -0.05) is 71.9 Å². The molecule has 0 bridgehead atoms. The number of aromatic nitrogens is 3. The smallest absolute Gasteiger partial charge is 0.250 e. The molecule has 0 saturated carbocycles. The lowest BCUT2D eigenvalue weighted by Gasteiger charge is -2.11. The highest BCUT2D eigenvalue weighted by molar-refractivity contribution is 7.99. The first-order valence-corrected chi connectivity index (χ1v) is 14.5. The summed E-state index contributed by atoms with van der Waals surface area (Å²) in [7, 11) is 3.21. The SMILES string of the molecule is COc1ccc(-n2c(SCC(=O)N/N=C\c3ccc(OCc4ccccc4)c(OC)c3)nnc2-c2ccc(C)cc2)cc1. The first kappa shape index (κ1) is 29.4. The molecular formula is C33H31N5O4S. The van der Waals surface area contributed by atoms with Gasteiger partial charge in [-0.3, -0.25) is 9.36 Å². The topological polar surface area (TPSA) is 99.9 Å². The predicted molar refractivity (Wildman–Crippen MR) is 168 cm³/mol. The number of carbonyl (C=O) groups excluding carboxylic acids is 1. The number of benzene rings is 4. The third kappa shape index (κ3) is 7.60. The van der Waals surface area contributed by atoms with Gasteiger partial charge in [0.2, 0.25) is 0 Å². The molecule has 4 aromatic carbocycles. The third-order valence-corrected chi connectivity index (χ3v) is 7.36. The monoisotopic (exact) mass is 593 g/mol. The van der Waals surface area contributed by atoms with Crippen LogP contribution in [0.4, 0.5) is 0 Å². The fraction of sp³-hybridized carbons (Fsp3) is 0.152. The van der Waals surface area contributed by atoms with E-state index in [-0.39, 0.29) is 11.7 Å². The second-order valence-corrected chi connectivity index (χ2v) is 10.4. The summed E-state index contributed by atoms with van der Waals surface area (Å²) in [6.07, 6.45) is 1.56. The Kier molecular flexibility index (Phi) is 9.71. The van der Waals surface area contributed by atoms with Crippen LogP contribution >= 0.6 is 11.8 Å². The molecule has 5 aromatic rings. The maximum atomic E-state index is 12.7. The van der Waals surface area contributed by atoms with Gasteiger partial charge in [0.1, 0.15) is 12.4 Å². The molecule has 43 heavy (non-hydrogen) atoms. The van der Waals surface area contributed by atoms with Crippen molar-refractivity contribution in [3.8, 4) is 34.3 Å². The number of thioether (sulfide) groups is 1. The molecule has 0 unspecified atom stereocenters. The van der Waals surface area contributed by atoms with Gasteiger partial charge < -0.3 is 14.2 Å². The number of carbonyl (C=O) groups is 1. The molecule has 10 heteroatoms. The maximum Gasteiger partial charge on any atom is 0.250 e. The Balaban J connectivity index is 1.23. The summed E-state index contributed by atoms with van der Waals surface area (Å²) < 4.78 is 18.6. The van der Waals surface area contributed by atoms with Crippen molar-refractivity contribution in [1.29, 1.82) is 0 Å². The van der Waals surface area contributed by atoms with E-state index in [4.69, 9.17) is 14.2 Å². The quantitative estimate of drug-likeness (QED) is 0.106. The van der Waals surface area contributed by atoms with E-state index in [1.54, 1.807) is 26.5 Å². The van der Waals surface area contributed by atoms with Gasteiger partial charge in [-0.05, 0) is 60.5 Å². The Bertz CT molecular complexity index is 1690.